The molecule has 0 saturated carbocycles. The van der Waals surface area contributed by atoms with E-state index in [-0.39, 0.29) is 5.03 Å². The van der Waals surface area contributed by atoms with Gasteiger partial charge in [0.1, 0.15) is 0 Å². The van der Waals surface area contributed by atoms with Gasteiger partial charge in [0, 0.05) is 13.6 Å². The van der Waals surface area contributed by atoms with E-state index in [4.69, 9.17) is 0 Å². The first-order valence-corrected chi connectivity index (χ1v) is 7.76. The molecule has 7 heteroatoms. The van der Waals surface area contributed by atoms with Crippen LogP contribution in [-0.4, -0.2) is 37.8 Å². The van der Waals surface area contributed by atoms with Crippen molar-refractivity contribution in [2.75, 3.05) is 19.6 Å². The number of nitrogens with zero attached hydrogens (tertiary/aromatic N) is 2. The van der Waals surface area contributed by atoms with Crippen molar-refractivity contribution in [3.8, 4) is 0 Å². The van der Waals surface area contributed by atoms with Gasteiger partial charge in [-0.2, -0.15) is 5.10 Å². The molecule has 2 rings (SSSR count). The molecular formula is C11H20N4O2S. The lowest BCUT2D eigenvalue weighted by Crippen LogP contribution is -2.32. The highest BCUT2D eigenvalue weighted by atomic mass is 32.2. The monoisotopic (exact) mass is 272 g/mol. The molecule has 1 aromatic heterocycles. The first-order valence-electron chi connectivity index (χ1n) is 6.28. The molecule has 0 atom stereocenters. The van der Waals surface area contributed by atoms with Crippen molar-refractivity contribution in [3.63, 3.8) is 0 Å². The molecule has 1 aliphatic rings. The maximum absolute atomic E-state index is 12.0. The summed E-state index contributed by atoms with van der Waals surface area (Å²) in [5, 5.41) is 7.39. The molecule has 0 radical (unpaired) electrons. The summed E-state index contributed by atoms with van der Waals surface area (Å²) in [6.45, 7) is 2.58. The Balaban J connectivity index is 1.84. The molecule has 2 heterocycles. The van der Waals surface area contributed by atoms with Gasteiger partial charge in [-0.05, 0) is 44.3 Å². The minimum absolute atomic E-state index is 0.216. The summed E-state index contributed by atoms with van der Waals surface area (Å²) in [6, 6.07) is 1.51. The van der Waals surface area contributed by atoms with Crippen LogP contribution < -0.4 is 10.0 Å². The van der Waals surface area contributed by atoms with Crippen LogP contribution in [0.25, 0.3) is 0 Å². The lowest BCUT2D eigenvalue weighted by Gasteiger charge is -2.22. The van der Waals surface area contributed by atoms with Crippen molar-refractivity contribution in [1.29, 1.82) is 0 Å². The number of aromatic nitrogens is 2. The predicted molar refractivity (Wildman–Crippen MR) is 68.6 cm³/mol. The molecule has 1 saturated heterocycles. The highest BCUT2D eigenvalue weighted by molar-refractivity contribution is 7.89. The molecule has 18 heavy (non-hydrogen) atoms. The van der Waals surface area contributed by atoms with Gasteiger partial charge in [0.25, 0.3) is 10.0 Å². The Labute approximate surface area is 108 Å². The Morgan fingerprint density at radius 1 is 1.50 bits per heavy atom. The van der Waals surface area contributed by atoms with E-state index in [1.807, 2.05) is 0 Å². The number of hydrogen-bond acceptors (Lipinski definition) is 4. The van der Waals surface area contributed by atoms with Crippen molar-refractivity contribution >= 4 is 10.0 Å². The van der Waals surface area contributed by atoms with Gasteiger partial charge >= 0.3 is 0 Å². The van der Waals surface area contributed by atoms with Crippen LogP contribution in [0.3, 0.4) is 0 Å². The third kappa shape index (κ3) is 3.30. The van der Waals surface area contributed by atoms with Crippen LogP contribution in [0.1, 0.15) is 19.3 Å². The largest absolute Gasteiger partial charge is 0.317 e. The van der Waals surface area contributed by atoms with Gasteiger partial charge in [0.15, 0.2) is 5.03 Å². The summed E-state index contributed by atoms with van der Waals surface area (Å²) >= 11 is 0. The minimum Gasteiger partial charge on any atom is -0.317 e. The van der Waals surface area contributed by atoms with Crippen LogP contribution in [0.15, 0.2) is 17.3 Å². The molecule has 102 valence electrons. The van der Waals surface area contributed by atoms with Crippen molar-refractivity contribution in [1.82, 2.24) is 19.8 Å². The van der Waals surface area contributed by atoms with Gasteiger partial charge < -0.3 is 5.32 Å². The maximum Gasteiger partial charge on any atom is 0.257 e. The zero-order chi connectivity index (χ0) is 13.0. The quantitative estimate of drug-likeness (QED) is 0.796. The second-order valence-electron chi connectivity index (χ2n) is 4.67. The van der Waals surface area contributed by atoms with Crippen LogP contribution in [0.5, 0.6) is 0 Å². The van der Waals surface area contributed by atoms with E-state index in [2.05, 4.69) is 15.1 Å². The van der Waals surface area contributed by atoms with Crippen molar-refractivity contribution in [3.05, 3.63) is 12.3 Å². The van der Waals surface area contributed by atoms with Gasteiger partial charge in [-0.1, -0.05) is 0 Å². The number of nitrogens with one attached hydrogen (secondary N) is 2. The van der Waals surface area contributed by atoms with E-state index < -0.39 is 10.0 Å². The van der Waals surface area contributed by atoms with E-state index in [9.17, 15) is 8.42 Å². The molecule has 0 amide bonds. The topological polar surface area (TPSA) is 76.0 Å². The molecule has 0 aromatic carbocycles. The minimum atomic E-state index is -3.41. The molecule has 2 N–H and O–H groups in total. The summed E-state index contributed by atoms with van der Waals surface area (Å²) in [7, 11) is -1.79. The van der Waals surface area contributed by atoms with Crippen LogP contribution in [0.2, 0.25) is 0 Å². The zero-order valence-electron chi connectivity index (χ0n) is 10.6. The Hall–Kier alpha value is -0.920. The fraction of sp³-hybridized carbons (Fsp3) is 0.727. The third-order valence-electron chi connectivity index (χ3n) is 3.35. The summed E-state index contributed by atoms with van der Waals surface area (Å²) in [4.78, 5) is 0. The first kappa shape index (κ1) is 13.5. The predicted octanol–water partition coefficient (Wildman–Crippen LogP) is 0.0881. The Kier molecular flexibility index (Phi) is 4.36. The number of hydrogen-bond donors (Lipinski definition) is 2. The van der Waals surface area contributed by atoms with Crippen LogP contribution in [0, 0.1) is 5.92 Å². The second-order valence-corrected chi connectivity index (χ2v) is 6.39. The van der Waals surface area contributed by atoms with Gasteiger partial charge in [-0.25, -0.2) is 13.1 Å². The standard InChI is InChI=1S/C11H20N4O2S/c1-15-11(5-8-13-15)18(16,17)14-9-4-10-2-6-12-7-3-10/h5,8,10,12,14H,2-4,6-7,9H2,1H3. The summed E-state index contributed by atoms with van der Waals surface area (Å²) in [5.41, 5.74) is 0. The Bertz CT molecular complexity index is 477. The summed E-state index contributed by atoms with van der Waals surface area (Å²) in [6.07, 6.45) is 4.65. The van der Waals surface area contributed by atoms with Gasteiger partial charge in [0.2, 0.25) is 0 Å². The number of rotatable bonds is 5. The molecule has 0 unspecified atom stereocenters. The fourth-order valence-electron chi connectivity index (χ4n) is 2.27. The second kappa shape index (κ2) is 5.81. The van der Waals surface area contributed by atoms with Crippen molar-refractivity contribution < 1.29 is 8.42 Å². The van der Waals surface area contributed by atoms with Crippen LogP contribution in [-0.2, 0) is 17.1 Å². The van der Waals surface area contributed by atoms with E-state index >= 15 is 0 Å². The lowest BCUT2D eigenvalue weighted by molar-refractivity contribution is 0.354. The van der Waals surface area contributed by atoms with E-state index in [1.165, 1.54) is 16.9 Å². The highest BCUT2D eigenvalue weighted by Gasteiger charge is 2.18. The molecule has 1 fully saturated rings. The Morgan fingerprint density at radius 3 is 2.83 bits per heavy atom. The molecule has 0 bridgehead atoms. The first-order chi connectivity index (χ1) is 8.59. The Morgan fingerprint density at radius 2 is 2.22 bits per heavy atom. The van der Waals surface area contributed by atoms with Crippen LogP contribution in [0.4, 0.5) is 0 Å². The lowest BCUT2D eigenvalue weighted by atomic mass is 9.95. The van der Waals surface area contributed by atoms with Gasteiger partial charge in [-0.15, -0.1) is 0 Å². The molecule has 0 aliphatic carbocycles. The molecule has 1 aliphatic heterocycles. The van der Waals surface area contributed by atoms with E-state index in [0.29, 0.717) is 12.5 Å². The summed E-state index contributed by atoms with van der Waals surface area (Å²) in [5.74, 6) is 0.625. The number of aryl methyl sites for hydroxylation is 1. The summed E-state index contributed by atoms with van der Waals surface area (Å²) < 4.78 is 28.0. The average Bonchev–Trinajstić information content (AvgIpc) is 2.77. The normalized spacial score (nSPS) is 18.1. The van der Waals surface area contributed by atoms with Gasteiger partial charge in [-0.3, -0.25) is 4.68 Å². The van der Waals surface area contributed by atoms with Crippen molar-refractivity contribution in [2.45, 2.75) is 24.3 Å². The smallest absolute Gasteiger partial charge is 0.257 e. The van der Waals surface area contributed by atoms with Gasteiger partial charge in [0.05, 0.1) is 6.20 Å². The third-order valence-corrected chi connectivity index (χ3v) is 4.89. The highest BCUT2D eigenvalue weighted by Crippen LogP contribution is 2.15. The molecule has 6 nitrogen and oxygen atoms in total. The van der Waals surface area contributed by atoms with Crippen molar-refractivity contribution in [2.24, 2.45) is 13.0 Å². The molecule has 0 spiro atoms. The fourth-order valence-corrected chi connectivity index (χ4v) is 3.44. The molecule has 1 aromatic rings. The number of piperidine rings is 1. The zero-order valence-corrected chi connectivity index (χ0v) is 11.4. The number of sulfonamides is 1. The van der Waals surface area contributed by atoms with E-state index in [0.717, 1.165) is 32.4 Å². The maximum atomic E-state index is 12.0. The SMILES string of the molecule is Cn1nccc1S(=O)(=O)NCCC1CCNCC1. The molecular weight excluding hydrogens is 252 g/mol. The average molecular weight is 272 g/mol. The van der Waals surface area contributed by atoms with Crippen LogP contribution >= 0.6 is 0 Å². The van der Waals surface area contributed by atoms with E-state index in [1.54, 1.807) is 7.05 Å².